The zero-order valence-electron chi connectivity index (χ0n) is 19.6. The van der Waals surface area contributed by atoms with Crippen molar-refractivity contribution in [2.24, 2.45) is 0 Å². The molecule has 7 nitrogen and oxygen atoms in total. The molecule has 0 fully saturated rings. The molecule has 34 heavy (non-hydrogen) atoms. The van der Waals surface area contributed by atoms with Gasteiger partial charge in [0, 0.05) is 23.7 Å². The molecule has 1 unspecified atom stereocenters. The van der Waals surface area contributed by atoms with Crippen molar-refractivity contribution in [3.63, 3.8) is 0 Å². The van der Waals surface area contributed by atoms with Gasteiger partial charge in [-0.25, -0.2) is 9.97 Å². The number of anilines is 1. The minimum atomic E-state index is -1.04. The van der Waals surface area contributed by atoms with E-state index >= 15 is 0 Å². The van der Waals surface area contributed by atoms with Crippen LogP contribution in [0.2, 0.25) is 0 Å². The Morgan fingerprint density at radius 3 is 2.38 bits per heavy atom. The van der Waals surface area contributed by atoms with Crippen molar-refractivity contribution in [3.8, 4) is 34.0 Å². The van der Waals surface area contributed by atoms with E-state index in [1.165, 1.54) is 5.56 Å². The second-order valence-corrected chi connectivity index (χ2v) is 10.3. The normalized spacial score (nSPS) is 12.3. The highest BCUT2D eigenvalue weighted by molar-refractivity contribution is 7.92. The van der Waals surface area contributed by atoms with Gasteiger partial charge in [0.25, 0.3) is 0 Å². The van der Waals surface area contributed by atoms with Crippen LogP contribution < -0.4 is 11.1 Å². The molecule has 2 aromatic carbocycles. The van der Waals surface area contributed by atoms with Crippen LogP contribution >= 0.6 is 0 Å². The Bertz CT molecular complexity index is 1220. The molecule has 4 aromatic rings. The van der Waals surface area contributed by atoms with Crippen LogP contribution in [0.25, 0.3) is 34.0 Å². The van der Waals surface area contributed by atoms with Crippen LogP contribution in [0, 0.1) is 0 Å². The van der Waals surface area contributed by atoms with Crippen molar-refractivity contribution >= 4 is 17.0 Å². The largest absolute Gasteiger partial charge is 0.611 e. The van der Waals surface area contributed by atoms with E-state index < -0.39 is 11.2 Å². The summed E-state index contributed by atoms with van der Waals surface area (Å²) in [5.74, 6) is 0.717. The fourth-order valence-electron chi connectivity index (χ4n) is 3.48. The first-order valence-corrected chi connectivity index (χ1v) is 12.6. The second-order valence-electron chi connectivity index (χ2n) is 8.31. The molecule has 0 radical (unpaired) electrons. The highest BCUT2D eigenvalue weighted by atomic mass is 32.2. The lowest BCUT2D eigenvalue weighted by Crippen LogP contribution is -2.13. The molecule has 2 aromatic heterocycles. The summed E-state index contributed by atoms with van der Waals surface area (Å²) in [4.78, 5) is 9.77. The van der Waals surface area contributed by atoms with Crippen LogP contribution in [0.3, 0.4) is 0 Å². The number of hydrogen-bond acceptors (Lipinski definition) is 7. The Kier molecular flexibility index (Phi) is 7.62. The van der Waals surface area contributed by atoms with Crippen LogP contribution in [0.4, 0.5) is 5.82 Å². The van der Waals surface area contributed by atoms with Gasteiger partial charge in [0.15, 0.2) is 22.2 Å². The third-order valence-electron chi connectivity index (χ3n) is 5.36. The van der Waals surface area contributed by atoms with Gasteiger partial charge in [0.2, 0.25) is 0 Å². The second kappa shape index (κ2) is 10.8. The lowest BCUT2D eigenvalue weighted by Gasteiger charge is -2.14. The maximum absolute atomic E-state index is 12.3. The van der Waals surface area contributed by atoms with E-state index in [0.717, 1.165) is 35.5 Å². The summed E-state index contributed by atoms with van der Waals surface area (Å²) in [5.41, 5.74) is 10.9. The average molecular weight is 476 g/mol. The molecular formula is C26H29N5O2S. The summed E-state index contributed by atoms with van der Waals surface area (Å²) in [6.45, 7) is 7.86. The Balaban J connectivity index is 1.55. The molecule has 0 amide bonds. The minimum Gasteiger partial charge on any atom is -0.611 e. The van der Waals surface area contributed by atoms with Crippen molar-refractivity contribution in [2.75, 3.05) is 12.3 Å². The summed E-state index contributed by atoms with van der Waals surface area (Å²) < 4.78 is 17.9. The average Bonchev–Trinajstić information content (AvgIpc) is 3.34. The number of aromatic nitrogens is 3. The number of rotatable bonds is 9. The van der Waals surface area contributed by atoms with Gasteiger partial charge in [-0.15, -0.1) is 0 Å². The Hall–Kier alpha value is -3.20. The van der Waals surface area contributed by atoms with Gasteiger partial charge < -0.3 is 20.1 Å². The van der Waals surface area contributed by atoms with Crippen molar-refractivity contribution in [1.29, 1.82) is 0 Å². The number of nitrogens with one attached hydrogen (secondary N) is 1. The minimum absolute atomic E-state index is 0.0587. The van der Waals surface area contributed by atoms with Crippen LogP contribution in [0.5, 0.6) is 0 Å². The SMILES string of the molecule is CCCNCc1ccc(-c2cc(-c3nc(-c4ccc([S+]([O-])C(C)C)cc4)cnc3N)on2)cc1. The van der Waals surface area contributed by atoms with Crippen LogP contribution in [0.1, 0.15) is 32.8 Å². The number of nitrogens with two attached hydrogens (primary N) is 1. The van der Waals surface area contributed by atoms with Gasteiger partial charge in [-0.05, 0) is 67.8 Å². The summed E-state index contributed by atoms with van der Waals surface area (Å²) in [5, 5.41) is 7.67. The van der Waals surface area contributed by atoms with Gasteiger partial charge in [-0.1, -0.05) is 36.3 Å². The smallest absolute Gasteiger partial charge is 0.189 e. The highest BCUT2D eigenvalue weighted by Crippen LogP contribution is 2.30. The molecule has 8 heteroatoms. The van der Waals surface area contributed by atoms with Crippen molar-refractivity contribution in [2.45, 2.75) is 43.9 Å². The van der Waals surface area contributed by atoms with Crippen LogP contribution in [-0.4, -0.2) is 31.5 Å². The van der Waals surface area contributed by atoms with E-state index in [1.54, 1.807) is 6.20 Å². The number of hydrogen-bond donors (Lipinski definition) is 2. The lowest BCUT2D eigenvalue weighted by atomic mass is 10.1. The first-order valence-electron chi connectivity index (χ1n) is 11.4. The van der Waals surface area contributed by atoms with Gasteiger partial charge in [0.05, 0.1) is 11.9 Å². The van der Waals surface area contributed by atoms with Gasteiger partial charge in [-0.3, -0.25) is 0 Å². The van der Waals surface area contributed by atoms with Crippen LogP contribution in [-0.2, 0) is 17.7 Å². The first-order chi connectivity index (χ1) is 16.5. The fourth-order valence-corrected chi connectivity index (χ4v) is 4.43. The lowest BCUT2D eigenvalue weighted by molar-refractivity contribution is 0.434. The molecule has 1 atom stereocenters. The van der Waals surface area contributed by atoms with E-state index in [9.17, 15) is 4.55 Å². The zero-order valence-corrected chi connectivity index (χ0v) is 20.4. The maximum atomic E-state index is 12.3. The molecule has 0 aliphatic heterocycles. The molecule has 2 heterocycles. The Morgan fingerprint density at radius 2 is 1.71 bits per heavy atom. The molecule has 0 saturated carbocycles. The maximum Gasteiger partial charge on any atom is 0.189 e. The van der Waals surface area contributed by atoms with Gasteiger partial charge in [-0.2, -0.15) is 0 Å². The van der Waals surface area contributed by atoms with Crippen molar-refractivity contribution < 1.29 is 9.08 Å². The summed E-state index contributed by atoms with van der Waals surface area (Å²) in [6.07, 6.45) is 2.73. The van der Waals surface area contributed by atoms with Crippen molar-refractivity contribution in [3.05, 3.63) is 66.4 Å². The topological polar surface area (TPSA) is 113 Å². The molecule has 0 saturated heterocycles. The summed E-state index contributed by atoms with van der Waals surface area (Å²) >= 11 is -1.04. The molecule has 0 spiro atoms. The Labute approximate surface area is 203 Å². The first kappa shape index (κ1) is 23.9. The van der Waals surface area contributed by atoms with E-state index in [0.29, 0.717) is 22.8 Å². The molecule has 4 rings (SSSR count). The summed E-state index contributed by atoms with van der Waals surface area (Å²) in [6, 6.07) is 17.5. The number of nitrogen functional groups attached to an aromatic ring is 1. The van der Waals surface area contributed by atoms with E-state index in [1.807, 2.05) is 56.3 Å². The van der Waals surface area contributed by atoms with Gasteiger partial charge >= 0.3 is 0 Å². The molecule has 3 N–H and O–H groups in total. The number of nitrogens with zero attached hydrogens (tertiary/aromatic N) is 3. The van der Waals surface area contributed by atoms with E-state index in [4.69, 9.17) is 10.3 Å². The molecule has 0 aliphatic rings. The third-order valence-corrected chi connectivity index (χ3v) is 6.95. The number of benzene rings is 2. The highest BCUT2D eigenvalue weighted by Gasteiger charge is 2.17. The summed E-state index contributed by atoms with van der Waals surface area (Å²) in [7, 11) is 0. The Morgan fingerprint density at radius 1 is 1.03 bits per heavy atom. The van der Waals surface area contributed by atoms with Crippen molar-refractivity contribution in [1.82, 2.24) is 20.4 Å². The van der Waals surface area contributed by atoms with Gasteiger partial charge in [0.1, 0.15) is 10.9 Å². The standard InChI is InChI=1S/C26H29N5O2S/c1-4-13-28-15-18-5-7-19(8-6-18)22-14-24(33-31-22)25-26(27)29-16-23(30-25)20-9-11-21(12-10-20)34(32)17(2)3/h5-12,14,16-17,28H,4,13,15H2,1-3H3,(H2,27,29). The quantitative estimate of drug-likeness (QED) is 0.257. The monoisotopic (exact) mass is 475 g/mol. The van der Waals surface area contributed by atoms with E-state index in [-0.39, 0.29) is 11.1 Å². The third kappa shape index (κ3) is 5.47. The molecular weight excluding hydrogens is 446 g/mol. The molecule has 176 valence electrons. The predicted octanol–water partition coefficient (Wildman–Crippen LogP) is 5.06. The molecule has 0 aliphatic carbocycles. The fraction of sp³-hybridized carbons (Fsp3) is 0.269. The van der Waals surface area contributed by atoms with E-state index in [2.05, 4.69) is 39.5 Å². The van der Waals surface area contributed by atoms with Crippen LogP contribution in [0.15, 0.2) is 70.2 Å². The molecule has 0 bridgehead atoms. The zero-order chi connectivity index (χ0) is 24.1. The predicted molar refractivity (Wildman–Crippen MR) is 136 cm³/mol.